The van der Waals surface area contributed by atoms with Crippen molar-refractivity contribution in [3.8, 4) is 0 Å². The summed E-state index contributed by atoms with van der Waals surface area (Å²) in [4.78, 5) is 15.4. The van der Waals surface area contributed by atoms with Gasteiger partial charge in [-0.05, 0) is 85.1 Å². The summed E-state index contributed by atoms with van der Waals surface area (Å²) in [6.45, 7) is 17.5. The van der Waals surface area contributed by atoms with E-state index in [0.29, 0.717) is 35.8 Å². The maximum Gasteiger partial charge on any atom is 0.254 e. The zero-order valence-electron chi connectivity index (χ0n) is 19.2. The van der Waals surface area contributed by atoms with Crippen LogP contribution < -0.4 is 5.73 Å². The number of piperidine rings is 1. The third-order valence-corrected chi connectivity index (χ3v) is 6.43. The van der Waals surface area contributed by atoms with Crippen LogP contribution in [-0.4, -0.2) is 23.9 Å². The van der Waals surface area contributed by atoms with Gasteiger partial charge in [0.15, 0.2) is 0 Å². The first kappa shape index (κ1) is 23.5. The second kappa shape index (κ2) is 9.99. The molecule has 0 aromatic heterocycles. The molecule has 3 nitrogen and oxygen atoms in total. The van der Waals surface area contributed by atoms with E-state index in [1.807, 2.05) is 43.0 Å². The van der Waals surface area contributed by atoms with Crippen LogP contribution in [-0.2, 0) is 12.8 Å². The number of likely N-dealkylation sites (tertiary alicyclic amines) is 1. The van der Waals surface area contributed by atoms with E-state index >= 15 is 0 Å². The molecule has 32 heavy (non-hydrogen) atoms. The van der Waals surface area contributed by atoms with Gasteiger partial charge in [-0.1, -0.05) is 44.4 Å². The van der Waals surface area contributed by atoms with Crippen LogP contribution in [0.1, 0.15) is 53.7 Å². The molecule has 2 aromatic rings. The van der Waals surface area contributed by atoms with Crippen molar-refractivity contribution in [2.45, 2.75) is 39.5 Å². The van der Waals surface area contributed by atoms with Crippen molar-refractivity contribution < 1.29 is 9.18 Å². The molecule has 168 valence electrons. The summed E-state index contributed by atoms with van der Waals surface area (Å²) < 4.78 is 13.1. The van der Waals surface area contributed by atoms with Crippen LogP contribution in [0.4, 0.5) is 10.1 Å². The number of halogens is 1. The van der Waals surface area contributed by atoms with E-state index in [0.717, 1.165) is 53.5 Å². The molecule has 4 heteroatoms. The Kier molecular flexibility index (Phi) is 7.34. The van der Waals surface area contributed by atoms with Crippen molar-refractivity contribution in [2.75, 3.05) is 18.8 Å². The molecule has 1 amide bonds. The van der Waals surface area contributed by atoms with E-state index < -0.39 is 0 Å². The molecule has 0 atom stereocenters. The Morgan fingerprint density at radius 2 is 1.72 bits per heavy atom. The zero-order valence-corrected chi connectivity index (χ0v) is 19.2. The van der Waals surface area contributed by atoms with E-state index in [1.165, 1.54) is 12.1 Å². The number of hydrogen-bond acceptors (Lipinski definition) is 2. The van der Waals surface area contributed by atoms with Crippen molar-refractivity contribution in [1.82, 2.24) is 4.90 Å². The largest absolute Gasteiger partial charge is 0.398 e. The van der Waals surface area contributed by atoms with Gasteiger partial charge in [0.1, 0.15) is 5.82 Å². The Hall–Kier alpha value is -3.14. The predicted molar refractivity (Wildman–Crippen MR) is 132 cm³/mol. The number of benzene rings is 2. The molecular weight excluding hydrogens is 399 g/mol. The maximum absolute atomic E-state index is 13.4. The molecule has 3 rings (SSSR count). The second-order valence-electron chi connectivity index (χ2n) is 8.75. The molecule has 0 aliphatic carbocycles. The third-order valence-electron chi connectivity index (χ3n) is 6.43. The van der Waals surface area contributed by atoms with Gasteiger partial charge < -0.3 is 10.6 Å². The molecule has 2 N–H and O–H groups in total. The Bertz CT molecular complexity index is 1040. The van der Waals surface area contributed by atoms with Gasteiger partial charge in [0.2, 0.25) is 0 Å². The Labute approximate surface area is 191 Å². The highest BCUT2D eigenvalue weighted by Crippen LogP contribution is 2.32. The average molecular weight is 433 g/mol. The second-order valence-corrected chi connectivity index (χ2v) is 8.75. The van der Waals surface area contributed by atoms with Crippen molar-refractivity contribution in [3.05, 3.63) is 95.4 Å². The van der Waals surface area contributed by atoms with Crippen LogP contribution >= 0.6 is 0 Å². The summed E-state index contributed by atoms with van der Waals surface area (Å²) in [5.41, 5.74) is 12.7. The highest BCUT2D eigenvalue weighted by Gasteiger charge is 2.26. The Balaban J connectivity index is 1.75. The molecule has 1 heterocycles. The highest BCUT2D eigenvalue weighted by atomic mass is 19.1. The number of nitrogens with two attached hydrogens (primary N) is 1. The van der Waals surface area contributed by atoms with Crippen LogP contribution in [0.5, 0.6) is 0 Å². The van der Waals surface area contributed by atoms with Gasteiger partial charge >= 0.3 is 0 Å². The lowest BCUT2D eigenvalue weighted by molar-refractivity contribution is 0.0689. The lowest BCUT2D eigenvalue weighted by Crippen LogP contribution is -2.39. The van der Waals surface area contributed by atoms with Gasteiger partial charge in [-0.3, -0.25) is 4.79 Å². The number of amides is 1. The number of carbonyl (C=O) groups excluding carboxylic acids is 1. The monoisotopic (exact) mass is 432 g/mol. The van der Waals surface area contributed by atoms with Crippen LogP contribution in [0.2, 0.25) is 0 Å². The number of aryl methyl sites for hydroxylation is 1. The Morgan fingerprint density at radius 1 is 1.09 bits per heavy atom. The molecule has 0 spiro atoms. The topological polar surface area (TPSA) is 46.3 Å². The SMILES string of the molecule is C=C(C)C(=C)C(=C)c1cc(C(=O)N2CCC(Cc3ccc(F)cc3)CC2)c(CC)cc1N. The summed E-state index contributed by atoms with van der Waals surface area (Å²) in [5.74, 6) is 0.325. The molecule has 1 aliphatic heterocycles. The van der Waals surface area contributed by atoms with E-state index in [-0.39, 0.29) is 11.7 Å². The molecule has 1 saturated heterocycles. The minimum Gasteiger partial charge on any atom is -0.398 e. The predicted octanol–water partition coefficient (Wildman–Crippen LogP) is 6.21. The normalized spacial score (nSPS) is 14.3. The number of rotatable bonds is 7. The molecule has 1 aliphatic rings. The van der Waals surface area contributed by atoms with E-state index in [4.69, 9.17) is 5.73 Å². The first-order valence-corrected chi connectivity index (χ1v) is 11.2. The number of anilines is 1. The first-order chi connectivity index (χ1) is 15.2. The summed E-state index contributed by atoms with van der Waals surface area (Å²) >= 11 is 0. The number of carbonyl (C=O) groups is 1. The van der Waals surface area contributed by atoms with Gasteiger partial charge in [0, 0.05) is 29.9 Å². The summed E-state index contributed by atoms with van der Waals surface area (Å²) in [6.07, 6.45) is 3.51. The third kappa shape index (κ3) is 5.18. The van der Waals surface area contributed by atoms with Gasteiger partial charge in [-0.25, -0.2) is 4.39 Å². The average Bonchev–Trinajstić information content (AvgIpc) is 2.79. The van der Waals surface area contributed by atoms with Crippen molar-refractivity contribution in [3.63, 3.8) is 0 Å². The highest BCUT2D eigenvalue weighted by molar-refractivity contribution is 5.99. The van der Waals surface area contributed by atoms with Crippen LogP contribution in [0.15, 0.2) is 67.3 Å². The van der Waals surface area contributed by atoms with Crippen LogP contribution in [0.25, 0.3) is 5.57 Å². The fraction of sp³-hybridized carbons (Fsp3) is 0.321. The molecular formula is C28H33FN2O. The van der Waals surface area contributed by atoms with E-state index in [2.05, 4.69) is 19.7 Å². The fourth-order valence-electron chi connectivity index (χ4n) is 4.30. The minimum atomic E-state index is -0.210. The quantitative estimate of drug-likeness (QED) is 0.418. The van der Waals surface area contributed by atoms with Crippen molar-refractivity contribution >= 4 is 17.2 Å². The lowest BCUT2D eigenvalue weighted by Gasteiger charge is -2.33. The van der Waals surface area contributed by atoms with Gasteiger partial charge in [-0.15, -0.1) is 0 Å². The van der Waals surface area contributed by atoms with Crippen molar-refractivity contribution in [1.29, 1.82) is 0 Å². The van der Waals surface area contributed by atoms with Gasteiger partial charge in [-0.2, -0.15) is 0 Å². The zero-order chi connectivity index (χ0) is 23.4. The molecule has 0 bridgehead atoms. The maximum atomic E-state index is 13.4. The number of hydrogen-bond donors (Lipinski definition) is 1. The lowest BCUT2D eigenvalue weighted by atomic mass is 9.88. The number of nitrogen functional groups attached to an aromatic ring is 1. The Morgan fingerprint density at radius 3 is 2.28 bits per heavy atom. The van der Waals surface area contributed by atoms with Crippen molar-refractivity contribution in [2.24, 2.45) is 5.92 Å². The van der Waals surface area contributed by atoms with Gasteiger partial charge in [0.05, 0.1) is 0 Å². The van der Waals surface area contributed by atoms with Crippen LogP contribution in [0.3, 0.4) is 0 Å². The summed E-state index contributed by atoms with van der Waals surface area (Å²) in [5, 5.41) is 0. The first-order valence-electron chi connectivity index (χ1n) is 11.2. The summed E-state index contributed by atoms with van der Waals surface area (Å²) in [7, 11) is 0. The van der Waals surface area contributed by atoms with Gasteiger partial charge in [0.25, 0.3) is 5.91 Å². The molecule has 0 radical (unpaired) electrons. The molecule has 0 unspecified atom stereocenters. The smallest absolute Gasteiger partial charge is 0.254 e. The molecule has 2 aromatic carbocycles. The fourth-order valence-corrected chi connectivity index (χ4v) is 4.30. The molecule has 1 fully saturated rings. The standard InChI is InChI=1S/C28H33FN2O/c1-6-23-16-27(30)25(20(5)19(4)18(2)3)17-26(23)28(32)31-13-11-22(12-14-31)15-21-7-9-24(29)10-8-21/h7-10,16-17,22H,2,4-6,11-15,30H2,1,3H3. The molecule has 0 saturated carbocycles. The number of nitrogens with zero attached hydrogens (tertiary/aromatic N) is 1. The van der Waals surface area contributed by atoms with E-state index in [1.54, 1.807) is 0 Å². The number of allylic oxidation sites excluding steroid dienone is 3. The summed E-state index contributed by atoms with van der Waals surface area (Å²) in [6, 6.07) is 10.5. The van der Waals surface area contributed by atoms with E-state index in [9.17, 15) is 9.18 Å². The minimum absolute atomic E-state index is 0.0390. The van der Waals surface area contributed by atoms with Crippen LogP contribution in [0, 0.1) is 11.7 Å².